The van der Waals surface area contributed by atoms with Crippen molar-refractivity contribution in [1.29, 1.82) is 0 Å². The van der Waals surface area contributed by atoms with Gasteiger partial charge in [0.1, 0.15) is 23.0 Å². The number of phenols is 4. The summed E-state index contributed by atoms with van der Waals surface area (Å²) in [6.07, 6.45) is 0.912. The van der Waals surface area contributed by atoms with Crippen LogP contribution in [0.2, 0.25) is 20.1 Å². The van der Waals surface area contributed by atoms with Gasteiger partial charge < -0.3 is 67.7 Å². The largest absolute Gasteiger partial charge is 0.506 e. The molecule has 0 radical (unpaired) electrons. The van der Waals surface area contributed by atoms with Crippen molar-refractivity contribution in [2.24, 2.45) is 0 Å². The van der Waals surface area contributed by atoms with Crippen molar-refractivity contribution < 1.29 is 68.7 Å². The molecule has 0 fully saturated rings. The molecule has 8 rings (SSSR count). The Morgan fingerprint density at radius 3 is 0.830 bits per heavy atom. The van der Waals surface area contributed by atoms with Gasteiger partial charge in [-0.3, -0.25) is 62.8 Å². The Kier molecular flexibility index (Phi) is 25.1. The van der Waals surface area contributed by atoms with Gasteiger partial charge in [0.05, 0.1) is 44.5 Å². The third-order valence-electron chi connectivity index (χ3n) is 15.0. The number of aliphatic carboxylic acids is 1. The topological polar surface area (TPSA) is 355 Å². The maximum atomic E-state index is 14.8. The Hall–Kier alpha value is -7.69. The quantitative estimate of drug-likeness (QED) is 0.123. The van der Waals surface area contributed by atoms with Crippen LogP contribution in [0.3, 0.4) is 0 Å². The molecule has 0 aliphatic carbocycles. The number of unbranched alkanes of at least 4 members (excludes halogenated alkanes) is 2. The zero-order chi connectivity index (χ0) is 63.6. The lowest BCUT2D eigenvalue weighted by Crippen LogP contribution is -2.46. The second-order valence-electron chi connectivity index (χ2n) is 21.1. The van der Waals surface area contributed by atoms with Crippen LogP contribution in [0.1, 0.15) is 109 Å². The smallest absolute Gasteiger partial charge is 0.303 e. The molecular formula is C58H70Cl4N12O14. The van der Waals surface area contributed by atoms with Crippen molar-refractivity contribution in [1.82, 2.24) is 61.7 Å². The molecule has 30 heteroatoms. The standard InChI is InChI=1S/C58H70Cl4N12O14/c59-34-26-38-47(77)40(28-34)54(84)66-8-17-72-18-9-67-55(85)41-29-35(60)27-39(48(41)78)52(82)64-6-14-70(13-5-63-51(38)81)20-21-71-15-7-65-53(83)42-30-36(61)31-43(49(42)79)56(86)69-11-19-73(23-22-72)24-25-74(12-3-1-2-4-46(75)76)58(88)45-33-37(62)32-44(50(45)80)57(87)68-10-16-71/h26-33,77-80H,1-25H2,(H,63,81)(H,64,82)(H,65,83)(H,66,84)(H,67,85)(H,68,87)(H,69,86)(H,75,76). The van der Waals surface area contributed by atoms with Crippen molar-refractivity contribution in [2.45, 2.75) is 25.7 Å². The van der Waals surface area contributed by atoms with E-state index in [-0.39, 0.29) is 208 Å². The summed E-state index contributed by atoms with van der Waals surface area (Å²) in [6, 6.07) is 9.71. The first-order chi connectivity index (χ1) is 42.1. The highest BCUT2D eigenvalue weighted by Crippen LogP contribution is 2.32. The molecule has 4 aliphatic heterocycles. The Labute approximate surface area is 526 Å². The first-order valence-corrected chi connectivity index (χ1v) is 30.1. The van der Waals surface area contributed by atoms with E-state index in [1.165, 1.54) is 53.4 Å². The summed E-state index contributed by atoms with van der Waals surface area (Å²) < 4.78 is 0. The molecule has 88 heavy (non-hydrogen) atoms. The number of nitrogens with zero attached hydrogens (tertiary/aromatic N) is 5. The summed E-state index contributed by atoms with van der Waals surface area (Å²) in [7, 11) is 0. The van der Waals surface area contributed by atoms with Crippen LogP contribution in [0.15, 0.2) is 48.5 Å². The van der Waals surface area contributed by atoms with Crippen molar-refractivity contribution in [2.75, 3.05) is 137 Å². The summed E-state index contributed by atoms with van der Waals surface area (Å²) in [5.74, 6) is -9.72. The van der Waals surface area contributed by atoms with Gasteiger partial charge >= 0.3 is 5.97 Å². The Bertz CT molecular complexity index is 3190. The number of fused-ring (bicyclic) bond motifs is 16. The fourth-order valence-electron chi connectivity index (χ4n) is 10.1. The van der Waals surface area contributed by atoms with Gasteiger partial charge in [-0.15, -0.1) is 0 Å². The van der Waals surface area contributed by atoms with Gasteiger partial charge in [0.2, 0.25) is 0 Å². The number of carboxylic acid groups (broad SMARTS) is 1. The van der Waals surface area contributed by atoms with Gasteiger partial charge in [0.15, 0.2) is 0 Å². The Balaban J connectivity index is 1.35. The molecule has 4 aliphatic rings. The number of carbonyl (C=O) groups is 9. The second kappa shape index (κ2) is 32.5. The van der Waals surface area contributed by atoms with Crippen LogP contribution >= 0.6 is 46.4 Å². The number of hydrogen-bond donors (Lipinski definition) is 12. The van der Waals surface area contributed by atoms with E-state index in [4.69, 9.17) is 46.4 Å². The summed E-state index contributed by atoms with van der Waals surface area (Å²) in [4.78, 5) is 132. The summed E-state index contributed by atoms with van der Waals surface area (Å²) >= 11 is 26.0. The highest BCUT2D eigenvalue weighted by atomic mass is 35.5. The van der Waals surface area contributed by atoms with Gasteiger partial charge in [0, 0.05) is 164 Å². The number of carboxylic acids is 1. The van der Waals surface area contributed by atoms with Crippen LogP contribution in [0.5, 0.6) is 23.0 Å². The molecule has 4 heterocycles. The number of hydrogen-bond acceptors (Lipinski definition) is 17. The van der Waals surface area contributed by atoms with E-state index in [1.54, 1.807) is 0 Å². The second-order valence-corrected chi connectivity index (χ2v) is 22.8. The first-order valence-electron chi connectivity index (χ1n) is 28.6. The number of benzene rings is 4. The third-order valence-corrected chi connectivity index (χ3v) is 15.9. The molecule has 4 aromatic rings. The Morgan fingerprint density at radius 2 is 0.568 bits per heavy atom. The maximum Gasteiger partial charge on any atom is 0.303 e. The molecule has 0 spiro atoms. The predicted molar refractivity (Wildman–Crippen MR) is 327 cm³/mol. The zero-order valence-corrected chi connectivity index (χ0v) is 51.0. The van der Waals surface area contributed by atoms with Crippen LogP contribution in [-0.2, 0) is 4.79 Å². The van der Waals surface area contributed by atoms with E-state index in [1.807, 2.05) is 19.6 Å². The van der Waals surface area contributed by atoms with Gasteiger partial charge in [-0.1, -0.05) is 52.8 Å². The van der Waals surface area contributed by atoms with Crippen molar-refractivity contribution in [3.05, 3.63) is 113 Å². The van der Waals surface area contributed by atoms with Crippen LogP contribution < -0.4 is 37.2 Å². The molecule has 12 bridgehead atoms. The van der Waals surface area contributed by atoms with E-state index in [0.717, 1.165) is 0 Å². The lowest BCUT2D eigenvalue weighted by Gasteiger charge is -2.31. The highest BCUT2D eigenvalue weighted by Gasteiger charge is 2.28. The molecule has 12 N–H and O–H groups in total. The highest BCUT2D eigenvalue weighted by molar-refractivity contribution is 6.33. The fourth-order valence-corrected chi connectivity index (χ4v) is 11.0. The average Bonchev–Trinajstić information content (AvgIpc) is 3.20. The number of carbonyl (C=O) groups excluding carboxylic acids is 8. The number of aromatic hydroxyl groups is 4. The lowest BCUT2D eigenvalue weighted by molar-refractivity contribution is -0.137. The molecule has 4 aromatic carbocycles. The third kappa shape index (κ3) is 18.9. The number of rotatable bonds is 6. The molecule has 2 atom stereocenters. The fraction of sp³-hybridized carbons (Fsp3) is 0.431. The van der Waals surface area contributed by atoms with E-state index in [9.17, 15) is 68.7 Å². The van der Waals surface area contributed by atoms with Crippen LogP contribution in [0.4, 0.5) is 0 Å². The minimum atomic E-state index is -0.997. The number of nitrogens with one attached hydrogen (secondary N) is 7. The summed E-state index contributed by atoms with van der Waals surface area (Å²) in [5.41, 5.74) is -2.38. The van der Waals surface area contributed by atoms with E-state index >= 15 is 0 Å². The van der Waals surface area contributed by atoms with E-state index in [2.05, 4.69) is 37.2 Å². The average molecular weight is 1300 g/mol. The van der Waals surface area contributed by atoms with Crippen molar-refractivity contribution in [3.8, 4) is 23.0 Å². The predicted octanol–water partition coefficient (Wildman–Crippen LogP) is 2.67. The Morgan fingerprint density at radius 1 is 0.341 bits per heavy atom. The van der Waals surface area contributed by atoms with Crippen molar-refractivity contribution in [3.63, 3.8) is 0 Å². The van der Waals surface area contributed by atoms with Gasteiger partial charge in [0.25, 0.3) is 47.3 Å². The van der Waals surface area contributed by atoms with Gasteiger partial charge in [-0.05, 0) is 61.4 Å². The molecule has 8 amide bonds. The molecular weight excluding hydrogens is 1230 g/mol. The molecule has 474 valence electrons. The maximum absolute atomic E-state index is 14.8. The van der Waals surface area contributed by atoms with Gasteiger partial charge in [-0.2, -0.15) is 0 Å². The van der Waals surface area contributed by atoms with Crippen LogP contribution in [0.25, 0.3) is 0 Å². The van der Waals surface area contributed by atoms with E-state index in [0.29, 0.717) is 19.3 Å². The number of halogens is 4. The van der Waals surface area contributed by atoms with Crippen molar-refractivity contribution >= 4 is 99.6 Å². The minimum Gasteiger partial charge on any atom is -0.506 e. The molecule has 0 saturated heterocycles. The number of phenolic OH excluding ortho intramolecular Hbond substituents is 4. The summed E-state index contributed by atoms with van der Waals surface area (Å²) in [6.45, 7) is 0.536. The number of amides is 8. The molecule has 26 nitrogen and oxygen atoms in total. The van der Waals surface area contributed by atoms with E-state index < -0.39 is 76.2 Å². The monoisotopic (exact) mass is 1300 g/mol. The van der Waals surface area contributed by atoms with Crippen LogP contribution in [-0.4, -0.2) is 241 Å². The first kappa shape index (κ1) is 67.8. The van der Waals surface area contributed by atoms with Gasteiger partial charge in [-0.25, -0.2) is 0 Å². The molecule has 0 saturated carbocycles. The van der Waals surface area contributed by atoms with Crippen LogP contribution in [0, 0.1) is 0 Å². The SMILES string of the molecule is O=C(O)CCCCCN1CCN2CCNC(=O)c3cc(Cl)cc(c3O)C(=O)NCCN(CCNC(=O)c3cc(Cl)cc(c3O)C1=O)CCN1CCNC(=O)c3cc(Cl)cc(c3O)C(=O)NCCN(CCNC(=O)c3cc(Cl)cc(c3O)C(=O)NCC1)CC2. The normalized spacial score (nSPS) is 20.7. The molecule has 2 unspecified atom stereocenters. The molecule has 0 aromatic heterocycles. The lowest BCUT2D eigenvalue weighted by atomic mass is 10.1. The zero-order valence-electron chi connectivity index (χ0n) is 48.0. The minimum absolute atomic E-state index is 0.0249. The summed E-state index contributed by atoms with van der Waals surface area (Å²) in [5, 5.41) is 74.7.